The summed E-state index contributed by atoms with van der Waals surface area (Å²) < 4.78 is 5.39. The smallest absolute Gasteiger partial charge is 0.151 e. The maximum Gasteiger partial charge on any atom is 0.151 e. The molecular formula is C26H25N3O. The van der Waals surface area contributed by atoms with Crippen LogP contribution in [0.4, 0.5) is 5.69 Å². The van der Waals surface area contributed by atoms with E-state index in [1.165, 1.54) is 16.7 Å². The number of methoxy groups -OCH3 is 1. The van der Waals surface area contributed by atoms with Crippen molar-refractivity contribution in [3.8, 4) is 16.9 Å². The zero-order valence-corrected chi connectivity index (χ0v) is 17.1. The summed E-state index contributed by atoms with van der Waals surface area (Å²) in [5, 5.41) is 3.64. The third kappa shape index (κ3) is 3.35. The molecule has 150 valence electrons. The van der Waals surface area contributed by atoms with Crippen LogP contribution in [0.1, 0.15) is 30.4 Å². The first kappa shape index (κ1) is 18.5. The molecule has 1 spiro atoms. The van der Waals surface area contributed by atoms with Crippen LogP contribution in [0.25, 0.3) is 16.7 Å². The predicted molar refractivity (Wildman–Crippen MR) is 124 cm³/mol. The number of rotatable bonds is 3. The van der Waals surface area contributed by atoms with Crippen molar-refractivity contribution < 1.29 is 4.74 Å². The quantitative estimate of drug-likeness (QED) is 0.619. The van der Waals surface area contributed by atoms with E-state index < -0.39 is 5.66 Å². The van der Waals surface area contributed by atoms with E-state index in [9.17, 15) is 0 Å². The van der Waals surface area contributed by atoms with Crippen molar-refractivity contribution in [1.82, 2.24) is 0 Å². The van der Waals surface area contributed by atoms with Crippen molar-refractivity contribution in [3.05, 3.63) is 90.0 Å². The van der Waals surface area contributed by atoms with Crippen LogP contribution in [0.15, 0.2) is 83.9 Å². The second-order valence-corrected chi connectivity index (χ2v) is 7.93. The topological polar surface area (TPSA) is 59.6 Å². The fourth-order valence-corrected chi connectivity index (χ4v) is 4.45. The van der Waals surface area contributed by atoms with Crippen LogP contribution in [-0.4, -0.2) is 18.6 Å². The van der Waals surface area contributed by atoms with Gasteiger partial charge in [0.15, 0.2) is 5.66 Å². The van der Waals surface area contributed by atoms with Crippen LogP contribution in [0.2, 0.25) is 0 Å². The number of nitrogens with one attached hydrogen (secondary N) is 1. The van der Waals surface area contributed by atoms with Gasteiger partial charge in [-0.3, -0.25) is 0 Å². The van der Waals surface area contributed by atoms with Gasteiger partial charge in [0.25, 0.3) is 0 Å². The van der Waals surface area contributed by atoms with E-state index in [4.69, 9.17) is 15.5 Å². The van der Waals surface area contributed by atoms with Crippen LogP contribution >= 0.6 is 0 Å². The van der Waals surface area contributed by atoms with Gasteiger partial charge in [-0.2, -0.15) is 0 Å². The van der Waals surface area contributed by atoms with Gasteiger partial charge < -0.3 is 15.8 Å². The summed E-state index contributed by atoms with van der Waals surface area (Å²) in [5.74, 6) is 1.47. The summed E-state index contributed by atoms with van der Waals surface area (Å²) in [6.45, 7) is 0. The van der Waals surface area contributed by atoms with Crippen LogP contribution in [0.5, 0.6) is 5.75 Å². The maximum atomic E-state index is 6.33. The third-order valence-corrected chi connectivity index (χ3v) is 5.93. The van der Waals surface area contributed by atoms with Crippen molar-refractivity contribution >= 4 is 17.1 Å². The zero-order chi connectivity index (χ0) is 20.6. The third-order valence-electron chi connectivity index (χ3n) is 5.93. The van der Waals surface area contributed by atoms with Gasteiger partial charge in [-0.15, -0.1) is 0 Å². The molecule has 1 aliphatic carbocycles. The Morgan fingerprint density at radius 1 is 0.933 bits per heavy atom. The molecule has 3 aromatic carbocycles. The van der Waals surface area contributed by atoms with E-state index in [0.29, 0.717) is 5.84 Å². The molecule has 0 aromatic heterocycles. The van der Waals surface area contributed by atoms with Crippen molar-refractivity contribution in [2.45, 2.75) is 24.9 Å². The number of para-hydroxylation sites is 1. The summed E-state index contributed by atoms with van der Waals surface area (Å²) in [5.41, 5.74) is 12.7. The Morgan fingerprint density at radius 2 is 1.70 bits per heavy atom. The highest BCUT2D eigenvalue weighted by atomic mass is 16.5. The van der Waals surface area contributed by atoms with E-state index in [1.807, 2.05) is 30.3 Å². The van der Waals surface area contributed by atoms with E-state index in [-0.39, 0.29) is 0 Å². The number of hydrogen-bond acceptors (Lipinski definition) is 4. The standard InChI is InChI=1S/C26H25N3O/c1-30-22-11-5-9-20(16-22)18-7-4-8-19(15-18)21-10-6-14-26(17-21)28-24-13-3-2-12-23(24)25(27)29-26/h2-5,7-9,11-13,15-17,28H,6,10,14H2,1H3,(H2,27,29). The normalized spacial score (nSPS) is 20.0. The van der Waals surface area contributed by atoms with Crippen LogP contribution < -0.4 is 15.8 Å². The molecule has 1 atom stereocenters. The number of nitrogens with two attached hydrogens (primary N) is 1. The molecule has 3 N–H and O–H groups in total. The van der Waals surface area contributed by atoms with Crippen molar-refractivity contribution in [3.63, 3.8) is 0 Å². The van der Waals surface area contributed by atoms with Gasteiger partial charge in [-0.05, 0) is 77.9 Å². The van der Waals surface area contributed by atoms with E-state index in [1.54, 1.807) is 7.11 Å². The molecule has 1 aliphatic heterocycles. The lowest BCUT2D eigenvalue weighted by Crippen LogP contribution is -2.42. The van der Waals surface area contributed by atoms with Gasteiger partial charge >= 0.3 is 0 Å². The number of fused-ring (bicyclic) bond motifs is 1. The number of nitrogens with zero attached hydrogens (tertiary/aromatic N) is 1. The van der Waals surface area contributed by atoms with E-state index in [2.05, 4.69) is 53.9 Å². The summed E-state index contributed by atoms with van der Waals surface area (Å²) in [4.78, 5) is 4.88. The molecule has 0 bridgehead atoms. The molecule has 2 aliphatic rings. The Morgan fingerprint density at radius 3 is 2.57 bits per heavy atom. The second kappa shape index (κ2) is 7.38. The molecule has 3 aromatic rings. The molecule has 0 radical (unpaired) electrons. The first-order valence-corrected chi connectivity index (χ1v) is 10.4. The average Bonchev–Trinajstić information content (AvgIpc) is 2.79. The minimum atomic E-state index is -0.474. The molecule has 30 heavy (non-hydrogen) atoms. The monoisotopic (exact) mass is 395 g/mol. The fraction of sp³-hybridized carbons (Fsp3) is 0.192. The molecular weight excluding hydrogens is 370 g/mol. The molecule has 0 saturated carbocycles. The lowest BCUT2D eigenvalue weighted by atomic mass is 9.85. The highest BCUT2D eigenvalue weighted by Crippen LogP contribution is 2.39. The number of allylic oxidation sites excluding steroid dienone is 1. The van der Waals surface area contributed by atoms with Gasteiger partial charge in [0.1, 0.15) is 11.6 Å². The number of ether oxygens (including phenoxy) is 1. The molecule has 1 unspecified atom stereocenters. The fourth-order valence-electron chi connectivity index (χ4n) is 4.45. The molecule has 0 amide bonds. The molecule has 4 nitrogen and oxygen atoms in total. The number of benzene rings is 3. The molecule has 0 fully saturated rings. The minimum Gasteiger partial charge on any atom is -0.497 e. The molecule has 0 saturated heterocycles. The van der Waals surface area contributed by atoms with Crippen LogP contribution in [0, 0.1) is 0 Å². The Balaban J connectivity index is 1.52. The molecule has 1 heterocycles. The largest absolute Gasteiger partial charge is 0.497 e. The lowest BCUT2D eigenvalue weighted by molar-refractivity contribution is 0.415. The van der Waals surface area contributed by atoms with Gasteiger partial charge in [0.05, 0.1) is 7.11 Å². The van der Waals surface area contributed by atoms with E-state index >= 15 is 0 Å². The highest BCUT2D eigenvalue weighted by molar-refractivity contribution is 6.04. The Bertz CT molecular complexity index is 1160. The summed E-state index contributed by atoms with van der Waals surface area (Å²) in [6, 6.07) is 25.0. The maximum absolute atomic E-state index is 6.33. The van der Waals surface area contributed by atoms with Crippen molar-refractivity contribution in [2.75, 3.05) is 12.4 Å². The van der Waals surface area contributed by atoms with Gasteiger partial charge in [-0.1, -0.05) is 42.5 Å². The van der Waals surface area contributed by atoms with Crippen LogP contribution in [-0.2, 0) is 0 Å². The Kier molecular flexibility index (Phi) is 4.55. The van der Waals surface area contributed by atoms with Crippen molar-refractivity contribution in [2.24, 2.45) is 10.7 Å². The SMILES string of the molecule is COc1cccc(-c2cccc(C3=CC4(CCC3)N=C(N)c3ccccc3N4)c2)c1. The number of hydrogen-bond donors (Lipinski definition) is 2. The summed E-state index contributed by atoms with van der Waals surface area (Å²) >= 11 is 0. The van der Waals surface area contributed by atoms with Gasteiger partial charge in [0.2, 0.25) is 0 Å². The summed E-state index contributed by atoms with van der Waals surface area (Å²) in [7, 11) is 1.70. The van der Waals surface area contributed by atoms with Crippen molar-refractivity contribution in [1.29, 1.82) is 0 Å². The first-order chi connectivity index (χ1) is 14.7. The van der Waals surface area contributed by atoms with Crippen LogP contribution in [0.3, 0.4) is 0 Å². The highest BCUT2D eigenvalue weighted by Gasteiger charge is 2.34. The van der Waals surface area contributed by atoms with E-state index in [0.717, 1.165) is 41.8 Å². The number of aliphatic imine (C=N–C) groups is 1. The average molecular weight is 396 g/mol. The number of amidine groups is 1. The minimum absolute atomic E-state index is 0.474. The van der Waals surface area contributed by atoms with Gasteiger partial charge in [0, 0.05) is 11.3 Å². The Hall–Kier alpha value is -3.53. The molecule has 4 heteroatoms. The Labute approximate surface area is 177 Å². The summed E-state index contributed by atoms with van der Waals surface area (Å²) in [6.07, 6.45) is 5.29. The lowest BCUT2D eigenvalue weighted by Gasteiger charge is -2.37. The zero-order valence-electron chi connectivity index (χ0n) is 17.1. The first-order valence-electron chi connectivity index (χ1n) is 10.4. The molecule has 5 rings (SSSR count). The predicted octanol–water partition coefficient (Wildman–Crippen LogP) is 5.46. The second-order valence-electron chi connectivity index (χ2n) is 7.93. The van der Waals surface area contributed by atoms with Gasteiger partial charge in [-0.25, -0.2) is 4.99 Å². The number of anilines is 1.